The lowest BCUT2D eigenvalue weighted by Crippen LogP contribution is -2.05. The van der Waals surface area contributed by atoms with Crippen LogP contribution in [0.2, 0.25) is 5.02 Å². The first-order valence-electron chi connectivity index (χ1n) is 8.16. The van der Waals surface area contributed by atoms with E-state index in [4.69, 9.17) is 16.3 Å². The van der Waals surface area contributed by atoms with Crippen molar-refractivity contribution in [3.05, 3.63) is 98.8 Å². The molecule has 0 amide bonds. The minimum Gasteiger partial charge on any atom is -0.488 e. The Kier molecular flexibility index (Phi) is 5.88. The van der Waals surface area contributed by atoms with Gasteiger partial charge in [0.15, 0.2) is 0 Å². The van der Waals surface area contributed by atoms with Gasteiger partial charge in [0.1, 0.15) is 18.2 Å². The lowest BCUT2D eigenvalue weighted by Gasteiger charge is -2.14. The van der Waals surface area contributed by atoms with Crippen LogP contribution in [0, 0.1) is 15.9 Å². The Morgan fingerprint density at radius 2 is 1.85 bits per heavy atom. The largest absolute Gasteiger partial charge is 0.488 e. The predicted molar refractivity (Wildman–Crippen MR) is 103 cm³/mol. The topological polar surface area (TPSA) is 64.4 Å². The molecule has 3 aromatic carbocycles. The molecule has 1 N–H and O–H groups in total. The third kappa shape index (κ3) is 4.95. The van der Waals surface area contributed by atoms with Crippen LogP contribution in [-0.2, 0) is 13.2 Å². The summed E-state index contributed by atoms with van der Waals surface area (Å²) < 4.78 is 19.5. The second-order valence-corrected chi connectivity index (χ2v) is 6.23. The van der Waals surface area contributed by atoms with Gasteiger partial charge in [0.2, 0.25) is 0 Å². The Labute approximate surface area is 160 Å². The second-order valence-electron chi connectivity index (χ2n) is 5.79. The van der Waals surface area contributed by atoms with Crippen LogP contribution in [0.5, 0.6) is 5.75 Å². The quantitative estimate of drug-likeness (QED) is 0.425. The number of anilines is 1. The molecule has 0 radical (unpaired) electrons. The molecule has 138 valence electrons. The van der Waals surface area contributed by atoms with Crippen molar-refractivity contribution in [3.63, 3.8) is 0 Å². The van der Waals surface area contributed by atoms with E-state index in [2.05, 4.69) is 5.32 Å². The van der Waals surface area contributed by atoms with Crippen molar-refractivity contribution in [2.75, 3.05) is 5.32 Å². The van der Waals surface area contributed by atoms with E-state index in [1.54, 1.807) is 48.5 Å². The van der Waals surface area contributed by atoms with E-state index in [9.17, 15) is 14.5 Å². The Hall–Kier alpha value is -3.12. The van der Waals surface area contributed by atoms with Gasteiger partial charge in [-0.2, -0.15) is 0 Å². The molecule has 0 heterocycles. The van der Waals surface area contributed by atoms with Crippen molar-refractivity contribution >= 4 is 23.0 Å². The average Bonchev–Trinajstić information content (AvgIpc) is 2.67. The van der Waals surface area contributed by atoms with E-state index >= 15 is 0 Å². The fourth-order valence-electron chi connectivity index (χ4n) is 2.52. The lowest BCUT2D eigenvalue weighted by molar-refractivity contribution is -0.384. The zero-order chi connectivity index (χ0) is 19.2. The van der Waals surface area contributed by atoms with Crippen molar-refractivity contribution in [2.24, 2.45) is 0 Å². The van der Waals surface area contributed by atoms with E-state index in [0.717, 1.165) is 5.56 Å². The maximum atomic E-state index is 13.8. The number of nitro benzene ring substituents is 1. The molecule has 0 spiro atoms. The molecule has 0 aliphatic rings. The lowest BCUT2D eigenvalue weighted by atomic mass is 10.2. The van der Waals surface area contributed by atoms with Gasteiger partial charge in [-0.25, -0.2) is 4.39 Å². The molecular formula is C20H16ClFN2O3. The maximum absolute atomic E-state index is 13.8. The van der Waals surface area contributed by atoms with Crippen LogP contribution >= 0.6 is 11.6 Å². The number of nitrogens with zero attached hydrogens (tertiary/aromatic N) is 1. The predicted octanol–water partition coefficient (Wildman–Crippen LogP) is 5.58. The average molecular weight is 387 g/mol. The van der Waals surface area contributed by atoms with E-state index in [1.165, 1.54) is 18.2 Å². The van der Waals surface area contributed by atoms with Crippen LogP contribution in [0.4, 0.5) is 15.8 Å². The van der Waals surface area contributed by atoms with Gasteiger partial charge in [-0.05, 0) is 30.3 Å². The molecule has 0 fully saturated rings. The Morgan fingerprint density at radius 1 is 1.04 bits per heavy atom. The normalized spacial score (nSPS) is 10.4. The number of hydrogen-bond acceptors (Lipinski definition) is 4. The van der Waals surface area contributed by atoms with Crippen LogP contribution in [0.25, 0.3) is 0 Å². The van der Waals surface area contributed by atoms with Gasteiger partial charge in [-0.3, -0.25) is 10.1 Å². The van der Waals surface area contributed by atoms with Crippen LogP contribution in [0.3, 0.4) is 0 Å². The molecule has 0 bridgehead atoms. The van der Waals surface area contributed by atoms with Crippen LogP contribution < -0.4 is 10.1 Å². The van der Waals surface area contributed by atoms with Gasteiger partial charge in [-0.15, -0.1) is 0 Å². The van der Waals surface area contributed by atoms with Crippen molar-refractivity contribution < 1.29 is 14.1 Å². The van der Waals surface area contributed by atoms with Gasteiger partial charge in [0.25, 0.3) is 5.69 Å². The Balaban J connectivity index is 1.73. The number of nitrogens with one attached hydrogen (secondary N) is 1. The zero-order valence-electron chi connectivity index (χ0n) is 14.2. The number of nitro groups is 1. The number of halogens is 2. The molecular weight excluding hydrogens is 371 g/mol. The van der Waals surface area contributed by atoms with Gasteiger partial charge < -0.3 is 10.1 Å². The van der Waals surface area contributed by atoms with E-state index in [0.29, 0.717) is 28.6 Å². The van der Waals surface area contributed by atoms with Gasteiger partial charge in [-0.1, -0.05) is 35.9 Å². The summed E-state index contributed by atoms with van der Waals surface area (Å²) >= 11 is 6.08. The van der Waals surface area contributed by atoms with Gasteiger partial charge in [0.05, 0.1) is 4.92 Å². The SMILES string of the molecule is O=[N+]([O-])c1cccc(NCc2cc(Cl)ccc2OCc2ccccc2F)c1. The molecule has 5 nitrogen and oxygen atoms in total. The van der Waals surface area contributed by atoms with Crippen LogP contribution in [0.15, 0.2) is 66.7 Å². The summed E-state index contributed by atoms with van der Waals surface area (Å²) in [5, 5.41) is 14.5. The first-order valence-corrected chi connectivity index (χ1v) is 8.53. The fourth-order valence-corrected chi connectivity index (χ4v) is 2.72. The highest BCUT2D eigenvalue weighted by Crippen LogP contribution is 2.26. The highest BCUT2D eigenvalue weighted by atomic mass is 35.5. The molecule has 0 saturated heterocycles. The highest BCUT2D eigenvalue weighted by molar-refractivity contribution is 6.30. The number of rotatable bonds is 7. The number of ether oxygens (including phenoxy) is 1. The monoisotopic (exact) mass is 386 g/mol. The first-order chi connectivity index (χ1) is 13.0. The van der Waals surface area contributed by atoms with E-state index in [-0.39, 0.29) is 18.1 Å². The number of hydrogen-bond donors (Lipinski definition) is 1. The van der Waals surface area contributed by atoms with E-state index in [1.807, 2.05) is 0 Å². The van der Waals surface area contributed by atoms with Crippen LogP contribution in [-0.4, -0.2) is 4.92 Å². The molecule has 0 saturated carbocycles. The minimum atomic E-state index is -0.451. The summed E-state index contributed by atoms with van der Waals surface area (Å²) in [5.41, 5.74) is 1.81. The third-order valence-electron chi connectivity index (χ3n) is 3.90. The molecule has 27 heavy (non-hydrogen) atoms. The summed E-state index contributed by atoms with van der Waals surface area (Å²) in [6.45, 7) is 0.423. The molecule has 3 rings (SSSR count). The first kappa shape index (κ1) is 18.7. The third-order valence-corrected chi connectivity index (χ3v) is 4.14. The standard InChI is InChI=1S/C20H16ClFN2O3/c21-16-8-9-20(27-13-14-4-1-2-7-19(14)22)15(10-16)12-23-17-5-3-6-18(11-17)24(25)26/h1-11,23H,12-13H2. The Bertz CT molecular complexity index is 965. The smallest absolute Gasteiger partial charge is 0.271 e. The minimum absolute atomic E-state index is 0.00196. The van der Waals surface area contributed by atoms with Gasteiger partial charge in [0, 0.05) is 40.5 Å². The molecule has 0 aromatic heterocycles. The number of benzene rings is 3. The summed E-state index contributed by atoms with van der Waals surface area (Å²) in [5.74, 6) is 0.225. The summed E-state index contributed by atoms with van der Waals surface area (Å²) in [7, 11) is 0. The molecule has 0 aliphatic carbocycles. The summed E-state index contributed by atoms with van der Waals surface area (Å²) in [4.78, 5) is 10.4. The summed E-state index contributed by atoms with van der Waals surface area (Å²) in [6.07, 6.45) is 0. The summed E-state index contributed by atoms with van der Waals surface area (Å²) in [6, 6.07) is 17.8. The van der Waals surface area contributed by atoms with Crippen molar-refractivity contribution in [1.82, 2.24) is 0 Å². The van der Waals surface area contributed by atoms with Crippen molar-refractivity contribution in [3.8, 4) is 5.75 Å². The maximum Gasteiger partial charge on any atom is 0.271 e. The number of non-ortho nitro benzene ring substituents is 1. The van der Waals surface area contributed by atoms with Crippen LogP contribution in [0.1, 0.15) is 11.1 Å². The molecule has 3 aromatic rings. The highest BCUT2D eigenvalue weighted by Gasteiger charge is 2.09. The van der Waals surface area contributed by atoms with E-state index < -0.39 is 4.92 Å². The molecule has 0 aliphatic heterocycles. The second kappa shape index (κ2) is 8.51. The fraction of sp³-hybridized carbons (Fsp3) is 0.100. The molecule has 7 heteroatoms. The molecule has 0 unspecified atom stereocenters. The molecule has 0 atom stereocenters. The Morgan fingerprint density at radius 3 is 2.63 bits per heavy atom. The van der Waals surface area contributed by atoms with Crippen molar-refractivity contribution in [2.45, 2.75) is 13.2 Å². The zero-order valence-corrected chi connectivity index (χ0v) is 14.9. The van der Waals surface area contributed by atoms with Crippen molar-refractivity contribution in [1.29, 1.82) is 0 Å². The van der Waals surface area contributed by atoms with Gasteiger partial charge >= 0.3 is 0 Å².